The maximum Gasteiger partial charge on any atom is 0.471 e. The Morgan fingerprint density at radius 1 is 1.09 bits per heavy atom. The van der Waals surface area contributed by atoms with Gasteiger partial charge in [-0.2, -0.15) is 13.2 Å². The van der Waals surface area contributed by atoms with Gasteiger partial charge in [0.2, 0.25) is 0 Å². The normalized spacial score (nSPS) is 12.1. The van der Waals surface area contributed by atoms with E-state index in [2.05, 4.69) is 27.3 Å². The van der Waals surface area contributed by atoms with E-state index in [1.165, 1.54) is 0 Å². The van der Waals surface area contributed by atoms with Gasteiger partial charge >= 0.3 is 18.1 Å². The number of nitrogens with one attached hydrogen (secondary N) is 1. The Morgan fingerprint density at radius 2 is 1.72 bits per heavy atom. The van der Waals surface area contributed by atoms with Gasteiger partial charge in [0.15, 0.2) is 11.8 Å². The zero-order chi connectivity index (χ0) is 24.1. The van der Waals surface area contributed by atoms with Crippen molar-refractivity contribution in [3.8, 4) is 17.2 Å². The van der Waals surface area contributed by atoms with E-state index in [0.717, 1.165) is 10.7 Å². The fraction of sp³-hybridized carbons (Fsp3) is 0.263. The van der Waals surface area contributed by atoms with Crippen molar-refractivity contribution in [3.05, 3.63) is 46.6 Å². The maximum atomic E-state index is 12.6. The molecule has 32 heavy (non-hydrogen) atoms. The van der Waals surface area contributed by atoms with Crippen LogP contribution in [0.2, 0.25) is 0 Å². The lowest BCUT2D eigenvalue weighted by Gasteiger charge is -2.19. The van der Waals surface area contributed by atoms with E-state index in [1.807, 2.05) is 45.2 Å². The first kappa shape index (κ1) is 27.5. The minimum Gasteiger partial charge on any atom is -0.477 e. The van der Waals surface area contributed by atoms with Crippen molar-refractivity contribution in [2.24, 2.45) is 0 Å². The fourth-order valence-electron chi connectivity index (χ4n) is 2.48. The Balaban J connectivity index is 2.24. The molecular formula is C19H14ClF3I3NO5. The maximum absolute atomic E-state index is 12.6. The van der Waals surface area contributed by atoms with E-state index in [4.69, 9.17) is 21.1 Å². The smallest absolute Gasteiger partial charge is 0.471 e. The van der Waals surface area contributed by atoms with Crippen molar-refractivity contribution in [1.82, 2.24) is 5.32 Å². The molecule has 0 unspecified atom stereocenters. The van der Waals surface area contributed by atoms with E-state index in [-0.39, 0.29) is 12.5 Å². The molecule has 0 aliphatic heterocycles. The predicted octanol–water partition coefficient (Wildman–Crippen LogP) is 5.63. The second kappa shape index (κ2) is 12.1. The summed E-state index contributed by atoms with van der Waals surface area (Å²) in [4.78, 5) is 23.2. The number of hydrogen-bond donors (Lipinski definition) is 1. The average Bonchev–Trinajstić information content (AvgIpc) is 2.71. The van der Waals surface area contributed by atoms with E-state index in [0.29, 0.717) is 30.0 Å². The molecule has 174 valence electrons. The largest absolute Gasteiger partial charge is 0.477 e. The Bertz CT molecular complexity index is 984. The third kappa shape index (κ3) is 7.65. The lowest BCUT2D eigenvalue weighted by molar-refractivity contribution is -0.175. The number of amides is 1. The third-order valence-corrected chi connectivity index (χ3v) is 6.43. The monoisotopic (exact) mass is 809 g/mol. The first-order valence-corrected chi connectivity index (χ1v) is 12.3. The molecule has 0 aromatic heterocycles. The molecular weight excluding hydrogens is 795 g/mol. The number of halogens is 7. The minimum atomic E-state index is -5.12. The van der Waals surface area contributed by atoms with E-state index in [1.54, 1.807) is 35.6 Å². The van der Waals surface area contributed by atoms with Crippen LogP contribution in [0.1, 0.15) is 5.56 Å². The number of carbonyl (C=O) groups excluding carboxylic acids is 2. The van der Waals surface area contributed by atoms with Crippen LogP contribution in [0.4, 0.5) is 13.2 Å². The van der Waals surface area contributed by atoms with Gasteiger partial charge in [0.05, 0.1) is 17.8 Å². The van der Waals surface area contributed by atoms with Gasteiger partial charge in [0, 0.05) is 6.42 Å². The molecule has 0 saturated heterocycles. The first-order valence-electron chi connectivity index (χ1n) is 8.55. The van der Waals surface area contributed by atoms with Gasteiger partial charge in [0.25, 0.3) is 0 Å². The molecule has 1 N–H and O–H groups in total. The highest BCUT2D eigenvalue weighted by Crippen LogP contribution is 2.35. The van der Waals surface area contributed by atoms with Crippen LogP contribution in [0.15, 0.2) is 30.3 Å². The van der Waals surface area contributed by atoms with Crippen LogP contribution in [0.25, 0.3) is 0 Å². The molecule has 1 amide bonds. The molecule has 2 aromatic carbocycles. The second-order valence-electron chi connectivity index (χ2n) is 6.09. The predicted molar refractivity (Wildman–Crippen MR) is 136 cm³/mol. The van der Waals surface area contributed by atoms with E-state index >= 15 is 0 Å². The van der Waals surface area contributed by atoms with Gasteiger partial charge < -0.3 is 19.5 Å². The summed E-state index contributed by atoms with van der Waals surface area (Å²) < 4.78 is 55.7. The minimum absolute atomic E-state index is 0.0173. The molecule has 0 radical (unpaired) electrons. The summed E-state index contributed by atoms with van der Waals surface area (Å²) in [5, 5.41) is 1.67. The van der Waals surface area contributed by atoms with E-state index in [9.17, 15) is 22.8 Å². The molecule has 0 bridgehead atoms. The number of benzene rings is 2. The lowest BCUT2D eigenvalue weighted by Crippen LogP contribution is -2.48. The standard InChI is InChI=1S/C19H14ClF3I3NO5/c1-30-17(28)14(27-18(29)19(21,22)23)6-9-4-12(25)16(13(26)5-9)32-10-2-3-15(31-8-20)11(24)7-10/h2-5,7,14H,6,8H2,1H3,(H,27,29)/t14-/m0/s1. The summed E-state index contributed by atoms with van der Waals surface area (Å²) in [6.07, 6.45) is -5.31. The van der Waals surface area contributed by atoms with Crippen molar-refractivity contribution in [3.63, 3.8) is 0 Å². The van der Waals surface area contributed by atoms with E-state index < -0.39 is 24.1 Å². The number of ether oxygens (including phenoxy) is 3. The Kier molecular flexibility index (Phi) is 10.4. The van der Waals surface area contributed by atoms with Crippen LogP contribution >= 0.6 is 79.4 Å². The van der Waals surface area contributed by atoms with Gasteiger partial charge in [-0.1, -0.05) is 11.6 Å². The molecule has 0 aliphatic rings. The number of rotatable bonds is 8. The fourth-order valence-corrected chi connectivity index (χ4v) is 5.36. The highest BCUT2D eigenvalue weighted by Gasteiger charge is 2.41. The second-order valence-corrected chi connectivity index (χ2v) is 9.79. The van der Waals surface area contributed by atoms with Crippen LogP contribution in [-0.2, 0) is 20.7 Å². The summed E-state index contributed by atoms with van der Waals surface area (Å²) >= 11 is 11.7. The molecule has 0 spiro atoms. The van der Waals surface area contributed by atoms with Crippen LogP contribution in [0, 0.1) is 10.7 Å². The topological polar surface area (TPSA) is 73.9 Å². The molecule has 2 rings (SSSR count). The summed E-state index contributed by atoms with van der Waals surface area (Å²) in [5.74, 6) is -1.51. The SMILES string of the molecule is COC(=O)[C@H](Cc1cc(I)c(Oc2ccc(OCCl)c(I)c2)c(I)c1)NC(=O)C(F)(F)F. The van der Waals surface area contributed by atoms with Gasteiger partial charge in [-0.15, -0.1) is 0 Å². The number of hydrogen-bond acceptors (Lipinski definition) is 5. The van der Waals surface area contributed by atoms with Crippen LogP contribution in [0.3, 0.4) is 0 Å². The van der Waals surface area contributed by atoms with Crippen molar-refractivity contribution < 1.29 is 37.0 Å². The van der Waals surface area contributed by atoms with Gasteiger partial charge in [-0.3, -0.25) is 4.79 Å². The Morgan fingerprint density at radius 3 is 2.22 bits per heavy atom. The van der Waals surface area contributed by atoms with Crippen molar-refractivity contribution >= 4 is 91.3 Å². The zero-order valence-electron chi connectivity index (χ0n) is 16.1. The molecule has 1 atom stereocenters. The molecule has 0 aliphatic carbocycles. The zero-order valence-corrected chi connectivity index (χ0v) is 23.3. The molecule has 13 heteroatoms. The summed E-state index contributed by atoms with van der Waals surface area (Å²) in [7, 11) is 1.03. The Hall–Kier alpha value is -0.750. The molecule has 2 aromatic rings. The molecule has 0 saturated carbocycles. The first-order chi connectivity index (χ1) is 15.0. The van der Waals surface area contributed by atoms with Crippen molar-refractivity contribution in [2.75, 3.05) is 13.2 Å². The van der Waals surface area contributed by atoms with Crippen LogP contribution in [-0.4, -0.2) is 37.3 Å². The molecule has 0 fully saturated rings. The number of carbonyl (C=O) groups is 2. The van der Waals surface area contributed by atoms with Crippen LogP contribution in [0.5, 0.6) is 17.2 Å². The van der Waals surface area contributed by atoms with Gasteiger partial charge in [0.1, 0.15) is 17.5 Å². The quantitative estimate of drug-likeness (QED) is 0.213. The molecule has 6 nitrogen and oxygen atoms in total. The lowest BCUT2D eigenvalue weighted by atomic mass is 10.1. The highest BCUT2D eigenvalue weighted by atomic mass is 127. The summed E-state index contributed by atoms with van der Waals surface area (Å²) in [6, 6.07) is 7.03. The van der Waals surface area contributed by atoms with Crippen molar-refractivity contribution in [2.45, 2.75) is 18.6 Å². The molecule has 0 heterocycles. The third-order valence-electron chi connectivity index (χ3n) is 3.88. The number of methoxy groups -OCH3 is 1. The summed E-state index contributed by atoms with van der Waals surface area (Å²) in [5.41, 5.74) is 0.518. The van der Waals surface area contributed by atoms with Gasteiger partial charge in [-0.05, 0) is 104 Å². The Labute approximate surface area is 227 Å². The highest BCUT2D eigenvalue weighted by molar-refractivity contribution is 14.1. The van der Waals surface area contributed by atoms with Crippen molar-refractivity contribution in [1.29, 1.82) is 0 Å². The number of esters is 1. The average molecular weight is 809 g/mol. The number of alkyl halides is 4. The van der Waals surface area contributed by atoms with Crippen LogP contribution < -0.4 is 14.8 Å². The van der Waals surface area contributed by atoms with Gasteiger partial charge in [-0.25, -0.2) is 4.79 Å². The summed E-state index contributed by atoms with van der Waals surface area (Å²) in [6.45, 7) is 0.